The maximum atomic E-state index is 12.4. The van der Waals surface area contributed by atoms with Crippen molar-refractivity contribution in [1.82, 2.24) is 25.1 Å². The fourth-order valence-corrected chi connectivity index (χ4v) is 2.91. The molecular weight excluding hydrogens is 403 g/mol. The number of morpholine rings is 1. The number of benzene rings is 1. The largest absolute Gasteiger partial charge is 0.371 e. The van der Waals surface area contributed by atoms with E-state index in [1.165, 1.54) is 17.1 Å². The maximum absolute atomic E-state index is 12.4. The highest BCUT2D eigenvalue weighted by Crippen LogP contribution is 2.21. The number of halogens is 2. The van der Waals surface area contributed by atoms with E-state index in [9.17, 15) is 4.79 Å². The van der Waals surface area contributed by atoms with Crippen molar-refractivity contribution in [2.75, 3.05) is 25.0 Å². The van der Waals surface area contributed by atoms with Crippen molar-refractivity contribution in [1.29, 1.82) is 0 Å². The highest BCUT2D eigenvalue weighted by atomic mass is 35.5. The molecule has 1 unspecified atom stereocenters. The topological polar surface area (TPSA) is 94.0 Å². The molecule has 3 aromatic rings. The van der Waals surface area contributed by atoms with E-state index in [0.717, 1.165) is 18.7 Å². The molecule has 1 fully saturated rings. The third kappa shape index (κ3) is 4.66. The lowest BCUT2D eigenvalue weighted by Gasteiger charge is -2.24. The number of hydrogen-bond acceptors (Lipinski definition) is 6. The van der Waals surface area contributed by atoms with Gasteiger partial charge in [-0.15, -0.1) is 12.4 Å². The average Bonchev–Trinajstić information content (AvgIpc) is 3.20. The number of carbonyl (C=O) groups excluding carboxylic acids is 1. The molecule has 8 nitrogen and oxygen atoms in total. The minimum atomic E-state index is -0.313. The number of carbonyl (C=O) groups is 1. The van der Waals surface area contributed by atoms with Crippen molar-refractivity contribution in [2.45, 2.75) is 6.10 Å². The number of rotatable bonds is 4. The van der Waals surface area contributed by atoms with E-state index < -0.39 is 0 Å². The summed E-state index contributed by atoms with van der Waals surface area (Å²) in [5.41, 5.74) is 2.02. The Bertz CT molecular complexity index is 941. The molecule has 4 rings (SSSR count). The molecule has 0 spiro atoms. The molecule has 1 saturated heterocycles. The first-order chi connectivity index (χ1) is 13.2. The van der Waals surface area contributed by atoms with E-state index >= 15 is 0 Å². The first kappa shape index (κ1) is 20.2. The number of aromatic nitrogens is 4. The van der Waals surface area contributed by atoms with Crippen LogP contribution in [0.1, 0.15) is 22.2 Å². The molecule has 1 atom stereocenters. The highest BCUT2D eigenvalue weighted by molar-refractivity contribution is 6.29. The second-order valence-corrected chi connectivity index (χ2v) is 6.37. The Labute approximate surface area is 172 Å². The van der Waals surface area contributed by atoms with Crippen molar-refractivity contribution in [3.05, 3.63) is 65.3 Å². The van der Waals surface area contributed by atoms with E-state index in [4.69, 9.17) is 16.3 Å². The van der Waals surface area contributed by atoms with E-state index in [1.807, 2.05) is 24.3 Å². The Hall–Kier alpha value is -2.52. The lowest BCUT2D eigenvalue weighted by molar-refractivity contribution is 0.0277. The third-order valence-corrected chi connectivity index (χ3v) is 4.30. The molecule has 1 amide bonds. The van der Waals surface area contributed by atoms with Crippen LogP contribution in [0.3, 0.4) is 0 Å². The maximum Gasteiger partial charge on any atom is 0.276 e. The summed E-state index contributed by atoms with van der Waals surface area (Å²) in [7, 11) is 0. The smallest absolute Gasteiger partial charge is 0.276 e. The molecule has 0 aliphatic carbocycles. The molecule has 10 heteroatoms. The van der Waals surface area contributed by atoms with E-state index in [0.29, 0.717) is 18.1 Å². The highest BCUT2D eigenvalue weighted by Gasteiger charge is 2.16. The average molecular weight is 421 g/mol. The summed E-state index contributed by atoms with van der Waals surface area (Å²) >= 11 is 5.83. The van der Waals surface area contributed by atoms with Gasteiger partial charge >= 0.3 is 0 Å². The van der Waals surface area contributed by atoms with Crippen LogP contribution in [-0.2, 0) is 4.74 Å². The van der Waals surface area contributed by atoms with Gasteiger partial charge in [0, 0.05) is 25.0 Å². The summed E-state index contributed by atoms with van der Waals surface area (Å²) < 4.78 is 7.17. The van der Waals surface area contributed by atoms with Gasteiger partial charge < -0.3 is 15.4 Å². The van der Waals surface area contributed by atoms with Gasteiger partial charge in [-0.3, -0.25) is 9.78 Å². The molecule has 1 aliphatic heterocycles. The van der Waals surface area contributed by atoms with Gasteiger partial charge in [-0.2, -0.15) is 5.10 Å². The van der Waals surface area contributed by atoms with Crippen LogP contribution in [0.25, 0.3) is 5.82 Å². The van der Waals surface area contributed by atoms with Gasteiger partial charge in [-0.1, -0.05) is 23.7 Å². The normalized spacial score (nSPS) is 16.2. The van der Waals surface area contributed by atoms with Crippen molar-refractivity contribution in [3.63, 3.8) is 0 Å². The fraction of sp³-hybridized carbons (Fsp3) is 0.222. The zero-order valence-corrected chi connectivity index (χ0v) is 16.3. The minimum Gasteiger partial charge on any atom is -0.371 e. The van der Waals surface area contributed by atoms with Gasteiger partial charge in [0.2, 0.25) is 0 Å². The summed E-state index contributed by atoms with van der Waals surface area (Å²) in [6.45, 7) is 2.36. The first-order valence-electron chi connectivity index (χ1n) is 8.46. The lowest BCUT2D eigenvalue weighted by Crippen LogP contribution is -2.33. The van der Waals surface area contributed by atoms with Gasteiger partial charge in [-0.25, -0.2) is 9.67 Å². The molecular formula is C18H18Cl2N6O2. The third-order valence-electron chi connectivity index (χ3n) is 4.12. The van der Waals surface area contributed by atoms with Gasteiger partial charge in [0.05, 0.1) is 25.1 Å². The summed E-state index contributed by atoms with van der Waals surface area (Å²) in [4.78, 5) is 20.5. The Morgan fingerprint density at radius 2 is 2.07 bits per heavy atom. The Morgan fingerprint density at radius 3 is 2.79 bits per heavy atom. The second-order valence-electron chi connectivity index (χ2n) is 5.99. The summed E-state index contributed by atoms with van der Waals surface area (Å²) in [5.74, 6) is 0.124. The number of anilines is 1. The predicted molar refractivity (Wildman–Crippen MR) is 107 cm³/mol. The second kappa shape index (κ2) is 9.11. The molecule has 0 radical (unpaired) electrons. The lowest BCUT2D eigenvalue weighted by atomic mass is 10.1. The van der Waals surface area contributed by atoms with Gasteiger partial charge in [-0.05, 0) is 23.8 Å². The fourth-order valence-electron chi connectivity index (χ4n) is 2.77. The molecule has 3 heterocycles. The molecule has 0 saturated carbocycles. The molecule has 1 aromatic carbocycles. The van der Waals surface area contributed by atoms with Gasteiger partial charge in [0.1, 0.15) is 5.15 Å². The van der Waals surface area contributed by atoms with Crippen LogP contribution < -0.4 is 10.6 Å². The van der Waals surface area contributed by atoms with E-state index in [2.05, 4.69) is 25.7 Å². The monoisotopic (exact) mass is 420 g/mol. The zero-order chi connectivity index (χ0) is 18.6. The first-order valence-corrected chi connectivity index (χ1v) is 8.84. The van der Waals surface area contributed by atoms with Crippen molar-refractivity contribution in [2.24, 2.45) is 0 Å². The van der Waals surface area contributed by atoms with Crippen molar-refractivity contribution >= 4 is 35.6 Å². The van der Waals surface area contributed by atoms with Crippen LogP contribution in [0.4, 0.5) is 5.69 Å². The van der Waals surface area contributed by atoms with Crippen LogP contribution in [0.15, 0.2) is 48.9 Å². The Kier molecular flexibility index (Phi) is 6.58. The number of hydrogen-bond donors (Lipinski definition) is 2. The molecule has 0 bridgehead atoms. The Morgan fingerprint density at radius 1 is 1.25 bits per heavy atom. The molecule has 2 N–H and O–H groups in total. The summed E-state index contributed by atoms with van der Waals surface area (Å²) in [6.07, 6.45) is 4.62. The Balaban J connectivity index is 0.00000225. The summed E-state index contributed by atoms with van der Waals surface area (Å²) in [5, 5.41) is 10.6. The van der Waals surface area contributed by atoms with Gasteiger partial charge in [0.25, 0.3) is 5.91 Å². The standard InChI is InChI=1S/C18H17ClN6O2.ClH/c19-16-10-21-11-17(23-16)25-7-5-14(24-25)18(26)22-13-3-1-12(2-4-13)15-9-20-6-8-27-15;/h1-5,7,10-11,15,20H,6,8-9H2,(H,22,26);1H. The number of nitrogens with one attached hydrogen (secondary N) is 2. The van der Waals surface area contributed by atoms with Crippen LogP contribution in [-0.4, -0.2) is 45.4 Å². The minimum absolute atomic E-state index is 0. The van der Waals surface area contributed by atoms with Crippen molar-refractivity contribution < 1.29 is 9.53 Å². The SMILES string of the molecule is Cl.O=C(Nc1ccc(C2CNCCO2)cc1)c1ccn(-c2cncc(Cl)n2)n1. The van der Waals surface area contributed by atoms with Crippen LogP contribution in [0.5, 0.6) is 0 Å². The number of amides is 1. The van der Waals surface area contributed by atoms with Crippen LogP contribution in [0, 0.1) is 0 Å². The van der Waals surface area contributed by atoms with Crippen molar-refractivity contribution in [3.8, 4) is 5.82 Å². The van der Waals surface area contributed by atoms with E-state index in [1.54, 1.807) is 12.3 Å². The quantitative estimate of drug-likeness (QED) is 0.673. The predicted octanol–water partition coefficient (Wildman–Crippen LogP) is 2.65. The molecule has 2 aromatic heterocycles. The summed E-state index contributed by atoms with van der Waals surface area (Å²) in [6, 6.07) is 9.21. The van der Waals surface area contributed by atoms with Crippen LogP contribution in [0.2, 0.25) is 5.15 Å². The zero-order valence-electron chi connectivity index (χ0n) is 14.7. The molecule has 28 heavy (non-hydrogen) atoms. The number of ether oxygens (including phenoxy) is 1. The molecule has 146 valence electrons. The number of nitrogens with zero attached hydrogens (tertiary/aromatic N) is 4. The van der Waals surface area contributed by atoms with Gasteiger partial charge in [0.15, 0.2) is 11.5 Å². The molecule has 1 aliphatic rings. The van der Waals surface area contributed by atoms with E-state index in [-0.39, 0.29) is 35.3 Å². The van der Waals surface area contributed by atoms with Crippen LogP contribution >= 0.6 is 24.0 Å².